The zero-order valence-electron chi connectivity index (χ0n) is 15.2. The number of anilines is 1. The fourth-order valence-corrected chi connectivity index (χ4v) is 4.01. The molecule has 8 nitrogen and oxygen atoms in total. The van der Waals surface area contributed by atoms with Crippen molar-refractivity contribution in [3.63, 3.8) is 0 Å². The van der Waals surface area contributed by atoms with Crippen LogP contribution in [0.4, 0.5) is 5.69 Å². The molecule has 3 aromatic rings. The second kappa shape index (κ2) is 7.61. The van der Waals surface area contributed by atoms with Gasteiger partial charge in [0, 0.05) is 12.6 Å². The lowest BCUT2D eigenvalue weighted by molar-refractivity contribution is 0.0693. The number of nitrogens with zero attached hydrogens (tertiary/aromatic N) is 2. The third-order valence-electron chi connectivity index (χ3n) is 4.23. The number of rotatable bonds is 5. The van der Waals surface area contributed by atoms with Crippen LogP contribution >= 0.6 is 22.9 Å². The maximum atomic E-state index is 12.8. The molecule has 0 bridgehead atoms. The molecule has 0 aliphatic carbocycles. The van der Waals surface area contributed by atoms with E-state index in [2.05, 4.69) is 10.3 Å². The number of aryl methyl sites for hydroxylation is 2. The topological polar surface area (TPSA) is 111 Å². The predicted molar refractivity (Wildman–Crippen MR) is 107 cm³/mol. The van der Waals surface area contributed by atoms with Crippen LogP contribution in [-0.2, 0) is 6.54 Å². The smallest absolute Gasteiger partial charge is 0.339 e. The summed E-state index contributed by atoms with van der Waals surface area (Å²) in [5, 5.41) is 12.3. The Balaban J connectivity index is 2.02. The number of aromatic nitrogens is 2. The first-order chi connectivity index (χ1) is 13.3. The third-order valence-corrected chi connectivity index (χ3v) is 5.74. The number of amides is 1. The lowest BCUT2D eigenvalue weighted by Crippen LogP contribution is -2.19. The van der Waals surface area contributed by atoms with Gasteiger partial charge >= 0.3 is 5.97 Å². The summed E-state index contributed by atoms with van der Waals surface area (Å²) < 4.78 is 6.53. The Morgan fingerprint density at radius 3 is 2.71 bits per heavy atom. The van der Waals surface area contributed by atoms with Crippen LogP contribution in [0.2, 0.25) is 5.02 Å². The van der Waals surface area contributed by atoms with Gasteiger partial charge in [-0.05, 0) is 25.5 Å². The summed E-state index contributed by atoms with van der Waals surface area (Å²) in [5.41, 5.74) is 0.408. The number of hydrogen-bond acceptors (Lipinski definition) is 6. The second-order valence-corrected chi connectivity index (χ2v) is 7.27. The predicted octanol–water partition coefficient (Wildman–Crippen LogP) is 3.40. The number of ether oxygens (including phenoxy) is 1. The Kier molecular flexibility index (Phi) is 5.39. The van der Waals surface area contributed by atoms with Crippen LogP contribution < -0.4 is 15.6 Å². The first-order valence-electron chi connectivity index (χ1n) is 8.19. The molecule has 0 radical (unpaired) electrons. The summed E-state index contributed by atoms with van der Waals surface area (Å²) >= 11 is 7.22. The van der Waals surface area contributed by atoms with E-state index in [0.29, 0.717) is 27.2 Å². The van der Waals surface area contributed by atoms with Crippen molar-refractivity contribution in [2.45, 2.75) is 20.4 Å². The lowest BCUT2D eigenvalue weighted by Gasteiger charge is -2.11. The highest BCUT2D eigenvalue weighted by atomic mass is 35.5. The standard InChI is InChI=1S/C18H16ClN3O5S/c1-4-22-7-20-16-13(17(22)24)8(2)14(28-16)15(23)21-11-6-12(27-3)9(18(25)26)5-10(11)19/h5-7H,4H2,1-3H3,(H,21,23)(H,25,26). The van der Waals surface area contributed by atoms with Crippen molar-refractivity contribution < 1.29 is 19.4 Å². The van der Waals surface area contributed by atoms with E-state index in [-0.39, 0.29) is 27.6 Å². The number of fused-ring (bicyclic) bond motifs is 1. The van der Waals surface area contributed by atoms with Gasteiger partial charge in [0.1, 0.15) is 16.1 Å². The lowest BCUT2D eigenvalue weighted by atomic mass is 10.1. The van der Waals surface area contributed by atoms with Crippen molar-refractivity contribution in [3.8, 4) is 5.75 Å². The number of benzene rings is 1. The van der Waals surface area contributed by atoms with Crippen LogP contribution in [0.5, 0.6) is 5.75 Å². The maximum Gasteiger partial charge on any atom is 0.339 e. The van der Waals surface area contributed by atoms with E-state index in [4.69, 9.17) is 16.3 Å². The summed E-state index contributed by atoms with van der Waals surface area (Å²) in [5.74, 6) is -1.61. The van der Waals surface area contributed by atoms with Gasteiger partial charge in [0.05, 0.1) is 34.4 Å². The van der Waals surface area contributed by atoms with Gasteiger partial charge in [0.25, 0.3) is 11.5 Å². The molecule has 1 amide bonds. The number of thiophene rings is 1. The van der Waals surface area contributed by atoms with Crippen LogP contribution in [0.25, 0.3) is 10.2 Å². The fraction of sp³-hybridized carbons (Fsp3) is 0.222. The molecule has 0 spiro atoms. The summed E-state index contributed by atoms with van der Waals surface area (Å²) in [6.07, 6.45) is 1.45. The average molecular weight is 422 g/mol. The number of halogens is 1. The molecule has 0 saturated carbocycles. The molecule has 10 heteroatoms. The van der Waals surface area contributed by atoms with Gasteiger partial charge in [-0.25, -0.2) is 9.78 Å². The Morgan fingerprint density at radius 1 is 1.39 bits per heavy atom. The average Bonchev–Trinajstić information content (AvgIpc) is 3.00. The number of nitrogens with one attached hydrogen (secondary N) is 1. The van der Waals surface area contributed by atoms with E-state index in [1.807, 2.05) is 6.92 Å². The number of carboxylic acid groups (broad SMARTS) is 1. The molecular weight excluding hydrogens is 406 g/mol. The van der Waals surface area contributed by atoms with Gasteiger partial charge in [-0.3, -0.25) is 14.2 Å². The molecule has 3 rings (SSSR count). The Hall–Kier alpha value is -2.91. The normalized spacial score (nSPS) is 10.9. The van der Waals surface area contributed by atoms with Crippen LogP contribution in [0.1, 0.15) is 32.5 Å². The molecule has 0 fully saturated rings. The SMILES string of the molecule is CCn1cnc2sc(C(=O)Nc3cc(OC)c(C(=O)O)cc3Cl)c(C)c2c1=O. The summed E-state index contributed by atoms with van der Waals surface area (Å²) in [7, 11) is 1.32. The molecule has 0 aliphatic rings. The fourth-order valence-electron chi connectivity index (χ4n) is 2.77. The van der Waals surface area contributed by atoms with Crippen molar-refractivity contribution in [1.29, 1.82) is 0 Å². The summed E-state index contributed by atoms with van der Waals surface area (Å²) in [4.78, 5) is 41.6. The number of carbonyl (C=O) groups excluding carboxylic acids is 1. The van der Waals surface area contributed by atoms with Crippen molar-refractivity contribution in [2.75, 3.05) is 12.4 Å². The second-order valence-electron chi connectivity index (χ2n) is 5.86. The van der Waals surface area contributed by atoms with Gasteiger partial charge in [-0.15, -0.1) is 11.3 Å². The first kappa shape index (κ1) is 19.8. The highest BCUT2D eigenvalue weighted by molar-refractivity contribution is 7.20. The van der Waals surface area contributed by atoms with Crippen LogP contribution in [0.15, 0.2) is 23.3 Å². The van der Waals surface area contributed by atoms with Gasteiger partial charge in [-0.1, -0.05) is 11.6 Å². The van der Waals surface area contributed by atoms with E-state index >= 15 is 0 Å². The molecule has 28 heavy (non-hydrogen) atoms. The van der Waals surface area contributed by atoms with Gasteiger partial charge < -0.3 is 15.2 Å². The molecule has 2 heterocycles. The van der Waals surface area contributed by atoms with Crippen LogP contribution in [-0.4, -0.2) is 33.6 Å². The molecular formula is C18H16ClN3O5S. The number of hydrogen-bond donors (Lipinski definition) is 2. The van der Waals surface area contributed by atoms with Crippen molar-refractivity contribution in [1.82, 2.24) is 9.55 Å². The van der Waals surface area contributed by atoms with Crippen molar-refractivity contribution in [2.24, 2.45) is 0 Å². The zero-order chi connectivity index (χ0) is 20.6. The molecule has 1 aromatic carbocycles. The van der Waals surface area contributed by atoms with Crippen LogP contribution in [0.3, 0.4) is 0 Å². The van der Waals surface area contributed by atoms with Gasteiger partial charge in [0.2, 0.25) is 0 Å². The minimum Gasteiger partial charge on any atom is -0.496 e. The molecule has 2 N–H and O–H groups in total. The minimum atomic E-state index is -1.20. The third kappa shape index (κ3) is 3.34. The summed E-state index contributed by atoms with van der Waals surface area (Å²) in [6, 6.07) is 2.55. The van der Waals surface area contributed by atoms with Gasteiger partial charge in [-0.2, -0.15) is 0 Å². The highest BCUT2D eigenvalue weighted by Crippen LogP contribution is 2.33. The summed E-state index contributed by atoms with van der Waals surface area (Å²) in [6.45, 7) is 4.00. The molecule has 0 saturated heterocycles. The van der Waals surface area contributed by atoms with E-state index < -0.39 is 11.9 Å². The number of carboxylic acids is 1. The van der Waals surface area contributed by atoms with E-state index in [1.165, 1.54) is 30.1 Å². The monoisotopic (exact) mass is 421 g/mol. The molecule has 146 valence electrons. The van der Waals surface area contributed by atoms with Crippen molar-refractivity contribution in [3.05, 3.63) is 49.8 Å². The van der Waals surface area contributed by atoms with Gasteiger partial charge in [0.15, 0.2) is 0 Å². The van der Waals surface area contributed by atoms with E-state index in [1.54, 1.807) is 6.92 Å². The maximum absolute atomic E-state index is 12.8. The number of methoxy groups -OCH3 is 1. The first-order valence-corrected chi connectivity index (χ1v) is 9.38. The van der Waals surface area contributed by atoms with Crippen molar-refractivity contribution >= 4 is 50.7 Å². The molecule has 0 aliphatic heterocycles. The largest absolute Gasteiger partial charge is 0.496 e. The molecule has 0 unspecified atom stereocenters. The quantitative estimate of drug-likeness (QED) is 0.653. The van der Waals surface area contributed by atoms with Crippen LogP contribution in [0, 0.1) is 6.92 Å². The number of aromatic carboxylic acids is 1. The minimum absolute atomic E-state index is 0.0526. The Morgan fingerprint density at radius 2 is 2.11 bits per heavy atom. The highest BCUT2D eigenvalue weighted by Gasteiger charge is 2.21. The van der Waals surface area contributed by atoms with E-state index in [0.717, 1.165) is 11.3 Å². The number of carbonyl (C=O) groups is 2. The zero-order valence-corrected chi connectivity index (χ0v) is 16.8. The molecule has 2 aromatic heterocycles. The molecule has 0 atom stereocenters. The Labute approximate surface area is 168 Å². The Bertz CT molecular complexity index is 1170. The van der Waals surface area contributed by atoms with E-state index in [9.17, 15) is 19.5 Å².